The van der Waals surface area contributed by atoms with Crippen molar-refractivity contribution in [3.8, 4) is 0 Å². The molecule has 4 nitrogen and oxygen atoms in total. The van der Waals surface area contributed by atoms with Crippen LogP contribution < -0.4 is 0 Å². The molecule has 0 saturated carbocycles. The molecule has 0 bridgehead atoms. The Morgan fingerprint density at radius 2 is 1.14 bits per heavy atom. The number of hydrogen-bond donors (Lipinski definition) is 3. The first-order valence-electron chi connectivity index (χ1n) is 0.783. The average Bonchev–Trinajstić information content (AvgIpc) is 0.722. The van der Waals surface area contributed by atoms with Gasteiger partial charge in [-0.05, 0) is 0 Å². The predicted molar refractivity (Wildman–Crippen MR) is 27.2 cm³/mol. The zero-order valence-corrected chi connectivity index (χ0v) is 5.69. The third-order valence-electron chi connectivity index (χ3n) is 0. The molecule has 0 aromatic heterocycles. The Hall–Kier alpha value is 1.25. The van der Waals surface area contributed by atoms with Crippen LogP contribution in [0.1, 0.15) is 0 Å². The summed E-state index contributed by atoms with van der Waals surface area (Å²) in [4.78, 5) is 21.6. The van der Waals surface area contributed by atoms with Crippen LogP contribution in [0.25, 0.3) is 0 Å². The van der Waals surface area contributed by atoms with Crippen LogP contribution in [0.2, 0.25) is 0 Å². The fourth-order valence-electron chi connectivity index (χ4n) is 0. The Balaban J connectivity index is -0.0000000800. The van der Waals surface area contributed by atoms with Crippen molar-refractivity contribution in [1.82, 2.24) is 0 Å². The molecule has 7 heteroatoms. The molecule has 0 saturated heterocycles. The molecule has 0 heterocycles. The Kier molecular flexibility index (Phi) is 12.1. The van der Waals surface area contributed by atoms with E-state index in [0.717, 1.165) is 0 Å². The molecule has 0 aromatic rings. The summed E-state index contributed by atoms with van der Waals surface area (Å²) in [5.41, 5.74) is 0. The van der Waals surface area contributed by atoms with Gasteiger partial charge in [0.2, 0.25) is 0 Å². The molecule has 0 spiro atoms. The van der Waals surface area contributed by atoms with Crippen LogP contribution in [0.3, 0.4) is 0 Å². The van der Waals surface area contributed by atoms with Gasteiger partial charge in [0.1, 0.15) is 0 Å². The Morgan fingerprint density at radius 1 is 1.14 bits per heavy atom. The van der Waals surface area contributed by atoms with E-state index in [2.05, 4.69) is 0 Å². The predicted octanol–water partition coefficient (Wildman–Crippen LogP) is -1.96. The molecular formula is H4GeLiO4P. The second-order valence-corrected chi connectivity index (χ2v) is 1.54. The van der Waals surface area contributed by atoms with Gasteiger partial charge in [-0.25, -0.2) is 4.57 Å². The molecule has 3 N–H and O–H groups in total. The van der Waals surface area contributed by atoms with Crippen LogP contribution in [-0.2, 0) is 4.57 Å². The van der Waals surface area contributed by atoms with Crippen LogP contribution >= 0.6 is 7.82 Å². The second kappa shape index (κ2) is 5.39. The van der Waals surface area contributed by atoms with Gasteiger partial charge in [-0.15, -0.1) is 0 Å². The molecular weight excluding hydrogens is 175 g/mol. The van der Waals surface area contributed by atoms with Crippen molar-refractivity contribution in [1.29, 1.82) is 0 Å². The first-order valence-corrected chi connectivity index (χ1v) is 2.35. The summed E-state index contributed by atoms with van der Waals surface area (Å²) in [7, 11) is -4.64. The maximum atomic E-state index is 8.88. The molecule has 4 radical (unpaired) electrons. The summed E-state index contributed by atoms with van der Waals surface area (Å²) in [6, 6.07) is 0. The van der Waals surface area contributed by atoms with Gasteiger partial charge < -0.3 is 14.7 Å². The third kappa shape index (κ3) is 128. The van der Waals surface area contributed by atoms with Gasteiger partial charge in [0.05, 0.1) is 0 Å². The van der Waals surface area contributed by atoms with Crippen molar-refractivity contribution in [2.24, 2.45) is 0 Å². The SMILES string of the molecule is O=P(O)(O)O.[Ge].[LiH]. The quantitative estimate of drug-likeness (QED) is 0.297. The van der Waals surface area contributed by atoms with E-state index in [4.69, 9.17) is 19.2 Å². The van der Waals surface area contributed by atoms with Crippen LogP contribution in [-0.4, -0.2) is 51.1 Å². The third-order valence-corrected chi connectivity index (χ3v) is 0. The fourth-order valence-corrected chi connectivity index (χ4v) is 0. The van der Waals surface area contributed by atoms with Crippen molar-refractivity contribution in [2.45, 2.75) is 0 Å². The van der Waals surface area contributed by atoms with Crippen molar-refractivity contribution >= 4 is 44.3 Å². The van der Waals surface area contributed by atoms with Gasteiger partial charge in [0, 0.05) is 17.6 Å². The monoisotopic (exact) mass is 180 g/mol. The van der Waals surface area contributed by atoms with Gasteiger partial charge >= 0.3 is 26.7 Å². The molecule has 0 unspecified atom stereocenters. The summed E-state index contributed by atoms with van der Waals surface area (Å²) >= 11 is 0. The van der Waals surface area contributed by atoms with E-state index in [1.807, 2.05) is 0 Å². The van der Waals surface area contributed by atoms with Gasteiger partial charge in [-0.3, -0.25) is 0 Å². The second-order valence-electron chi connectivity index (χ2n) is 0.513. The van der Waals surface area contributed by atoms with E-state index in [-0.39, 0.29) is 36.5 Å². The molecule has 0 fully saturated rings. The van der Waals surface area contributed by atoms with Gasteiger partial charge in [-0.1, -0.05) is 0 Å². The average molecular weight is 179 g/mol. The van der Waals surface area contributed by atoms with E-state index in [1.54, 1.807) is 0 Å². The molecule has 0 aliphatic heterocycles. The number of phosphoric acid groups is 1. The minimum absolute atomic E-state index is 0. The Bertz CT molecular complexity index is 57.8. The van der Waals surface area contributed by atoms with E-state index < -0.39 is 7.82 Å². The van der Waals surface area contributed by atoms with Gasteiger partial charge in [0.15, 0.2) is 0 Å². The number of rotatable bonds is 0. The van der Waals surface area contributed by atoms with Gasteiger partial charge in [-0.2, -0.15) is 0 Å². The summed E-state index contributed by atoms with van der Waals surface area (Å²) in [6.45, 7) is 0. The summed E-state index contributed by atoms with van der Waals surface area (Å²) in [6.07, 6.45) is 0. The molecule has 38 valence electrons. The van der Waals surface area contributed by atoms with E-state index in [9.17, 15) is 0 Å². The van der Waals surface area contributed by atoms with Crippen LogP contribution in [0, 0.1) is 0 Å². The van der Waals surface area contributed by atoms with Crippen LogP contribution in [0.5, 0.6) is 0 Å². The molecule has 0 aromatic carbocycles. The first-order chi connectivity index (χ1) is 2.00. The van der Waals surface area contributed by atoms with E-state index in [1.165, 1.54) is 0 Å². The van der Waals surface area contributed by atoms with Gasteiger partial charge in [0.25, 0.3) is 0 Å². The number of hydrogen-bond acceptors (Lipinski definition) is 1. The van der Waals surface area contributed by atoms with E-state index in [0.29, 0.717) is 0 Å². The molecule has 0 aliphatic carbocycles. The molecule has 0 rings (SSSR count). The Labute approximate surface area is 63.7 Å². The fraction of sp³-hybridized carbons (Fsp3) is 0. The molecule has 7 heavy (non-hydrogen) atoms. The van der Waals surface area contributed by atoms with Crippen molar-refractivity contribution < 1.29 is 19.2 Å². The molecule has 0 amide bonds. The molecule has 0 aliphatic rings. The Morgan fingerprint density at radius 3 is 1.14 bits per heavy atom. The maximum absolute atomic E-state index is 8.88. The van der Waals surface area contributed by atoms with Crippen LogP contribution in [0.15, 0.2) is 0 Å². The summed E-state index contributed by atoms with van der Waals surface area (Å²) in [5.74, 6) is 0. The van der Waals surface area contributed by atoms with E-state index >= 15 is 0 Å². The summed E-state index contributed by atoms with van der Waals surface area (Å²) in [5, 5.41) is 0. The van der Waals surface area contributed by atoms with Crippen molar-refractivity contribution in [3.63, 3.8) is 0 Å². The summed E-state index contributed by atoms with van der Waals surface area (Å²) < 4.78 is 8.88. The van der Waals surface area contributed by atoms with Crippen LogP contribution in [0.4, 0.5) is 0 Å². The normalized spacial score (nSPS) is 8.43. The molecule has 0 atom stereocenters. The zero-order valence-electron chi connectivity index (χ0n) is 2.70. The zero-order chi connectivity index (χ0) is 4.50. The van der Waals surface area contributed by atoms with Crippen molar-refractivity contribution in [2.75, 3.05) is 0 Å². The topological polar surface area (TPSA) is 77.8 Å². The van der Waals surface area contributed by atoms with Crippen molar-refractivity contribution in [3.05, 3.63) is 0 Å². The standard InChI is InChI=1S/Ge.Li.H3O4P.H/c;;1-5(2,3)4;/h;;(H3,1,2,3,4);. The minimum atomic E-state index is -4.64. The first kappa shape index (κ1) is 15.7.